The third-order valence-corrected chi connectivity index (χ3v) is 1.61. The van der Waals surface area contributed by atoms with Crippen molar-refractivity contribution >= 4 is 6.09 Å². The van der Waals surface area contributed by atoms with Crippen molar-refractivity contribution in [3.05, 3.63) is 0 Å². The monoisotopic (exact) mass is 159 g/mol. The van der Waals surface area contributed by atoms with Crippen LogP contribution in [-0.4, -0.2) is 17.2 Å². The highest BCUT2D eigenvalue weighted by Crippen LogP contribution is 2.02. The Morgan fingerprint density at radius 2 is 2.18 bits per heavy atom. The van der Waals surface area contributed by atoms with Gasteiger partial charge in [0.15, 0.2) is 0 Å². The molecule has 1 atom stereocenters. The molecule has 0 saturated carbocycles. The maximum absolute atomic E-state index is 10.1. The Morgan fingerprint density at radius 3 is 2.64 bits per heavy atom. The Kier molecular flexibility index (Phi) is 5.61. The van der Waals surface area contributed by atoms with E-state index >= 15 is 0 Å². The smallest absolute Gasteiger partial charge is 0.404 e. The molecule has 0 bridgehead atoms. The van der Waals surface area contributed by atoms with Crippen molar-refractivity contribution in [3.8, 4) is 0 Å². The lowest BCUT2D eigenvalue weighted by molar-refractivity contribution is 0.190. The predicted octanol–water partition coefficient (Wildman–Crippen LogP) is 2.22. The Morgan fingerprint density at radius 1 is 1.55 bits per heavy atom. The van der Waals surface area contributed by atoms with Crippen LogP contribution in [0.15, 0.2) is 0 Å². The lowest BCUT2D eigenvalue weighted by Gasteiger charge is -2.09. The molecule has 0 aliphatic rings. The van der Waals surface area contributed by atoms with Crippen molar-refractivity contribution in [1.82, 2.24) is 5.32 Å². The summed E-state index contributed by atoms with van der Waals surface area (Å²) in [5, 5.41) is 10.7. The number of amides is 1. The van der Waals surface area contributed by atoms with Gasteiger partial charge in [0.25, 0.3) is 0 Å². The second kappa shape index (κ2) is 6.01. The van der Waals surface area contributed by atoms with Crippen LogP contribution in [-0.2, 0) is 0 Å². The minimum atomic E-state index is -0.922. The molecule has 66 valence electrons. The molecule has 0 heterocycles. The summed E-state index contributed by atoms with van der Waals surface area (Å²) in [4.78, 5) is 10.1. The first kappa shape index (κ1) is 10.3. The SMILES string of the molecule is CCCCCC(C)NC(=O)O. The molecule has 0 fully saturated rings. The van der Waals surface area contributed by atoms with Gasteiger partial charge in [-0.2, -0.15) is 0 Å². The standard InChI is InChI=1S/C8H17NO2/c1-3-4-5-6-7(2)9-8(10)11/h7,9H,3-6H2,1-2H3,(H,10,11). The summed E-state index contributed by atoms with van der Waals surface area (Å²) in [6, 6.07) is 0.0963. The number of hydrogen-bond donors (Lipinski definition) is 2. The van der Waals surface area contributed by atoms with Crippen molar-refractivity contribution in [2.45, 2.75) is 45.6 Å². The van der Waals surface area contributed by atoms with E-state index in [9.17, 15) is 4.79 Å². The highest BCUT2D eigenvalue weighted by atomic mass is 16.4. The molecule has 2 N–H and O–H groups in total. The number of carboxylic acid groups (broad SMARTS) is 1. The van der Waals surface area contributed by atoms with Crippen LogP contribution in [0.1, 0.15) is 39.5 Å². The minimum Gasteiger partial charge on any atom is -0.465 e. The van der Waals surface area contributed by atoms with Crippen molar-refractivity contribution in [2.24, 2.45) is 0 Å². The molecule has 0 aliphatic carbocycles. The summed E-state index contributed by atoms with van der Waals surface area (Å²) in [6.07, 6.45) is 3.50. The molecular weight excluding hydrogens is 142 g/mol. The van der Waals surface area contributed by atoms with Crippen LogP contribution >= 0.6 is 0 Å². The molecule has 11 heavy (non-hydrogen) atoms. The fourth-order valence-corrected chi connectivity index (χ4v) is 0.983. The summed E-state index contributed by atoms with van der Waals surface area (Å²) in [6.45, 7) is 4.03. The molecule has 0 spiro atoms. The Labute approximate surface area is 67.8 Å². The van der Waals surface area contributed by atoms with E-state index in [0.717, 1.165) is 12.8 Å². The predicted molar refractivity (Wildman–Crippen MR) is 44.8 cm³/mol. The van der Waals surface area contributed by atoms with E-state index in [2.05, 4.69) is 12.2 Å². The van der Waals surface area contributed by atoms with Crippen LogP contribution in [0.25, 0.3) is 0 Å². The van der Waals surface area contributed by atoms with Crippen molar-refractivity contribution < 1.29 is 9.90 Å². The zero-order valence-electron chi connectivity index (χ0n) is 7.26. The van der Waals surface area contributed by atoms with Gasteiger partial charge in [0.1, 0.15) is 0 Å². The second-order valence-electron chi connectivity index (χ2n) is 2.85. The molecule has 0 aromatic rings. The molecule has 0 aromatic heterocycles. The van der Waals surface area contributed by atoms with E-state index < -0.39 is 6.09 Å². The van der Waals surface area contributed by atoms with Gasteiger partial charge in [0.2, 0.25) is 0 Å². The molecule has 3 heteroatoms. The fourth-order valence-electron chi connectivity index (χ4n) is 0.983. The molecule has 0 saturated heterocycles. The average Bonchev–Trinajstić information content (AvgIpc) is 1.86. The van der Waals surface area contributed by atoms with Gasteiger partial charge in [0, 0.05) is 6.04 Å². The van der Waals surface area contributed by atoms with Gasteiger partial charge in [-0.15, -0.1) is 0 Å². The Hall–Kier alpha value is -0.730. The highest BCUT2D eigenvalue weighted by Gasteiger charge is 2.03. The van der Waals surface area contributed by atoms with Gasteiger partial charge in [0.05, 0.1) is 0 Å². The summed E-state index contributed by atoms with van der Waals surface area (Å²) in [5.74, 6) is 0. The molecule has 1 unspecified atom stereocenters. The van der Waals surface area contributed by atoms with Crippen LogP contribution in [0.5, 0.6) is 0 Å². The topological polar surface area (TPSA) is 49.3 Å². The molecule has 0 aliphatic heterocycles. The number of nitrogens with one attached hydrogen (secondary N) is 1. The van der Waals surface area contributed by atoms with Gasteiger partial charge < -0.3 is 10.4 Å². The first-order valence-corrected chi connectivity index (χ1v) is 4.16. The molecule has 0 rings (SSSR count). The van der Waals surface area contributed by atoms with Crippen molar-refractivity contribution in [3.63, 3.8) is 0 Å². The van der Waals surface area contributed by atoms with E-state index in [0.29, 0.717) is 0 Å². The second-order valence-corrected chi connectivity index (χ2v) is 2.85. The normalized spacial score (nSPS) is 12.5. The summed E-state index contributed by atoms with van der Waals surface area (Å²) < 4.78 is 0. The third kappa shape index (κ3) is 7.16. The minimum absolute atomic E-state index is 0.0963. The molecule has 0 radical (unpaired) electrons. The summed E-state index contributed by atoms with van der Waals surface area (Å²) in [5.41, 5.74) is 0. The van der Waals surface area contributed by atoms with E-state index in [1.165, 1.54) is 12.8 Å². The number of carbonyl (C=O) groups is 1. The molecular formula is C8H17NO2. The fraction of sp³-hybridized carbons (Fsp3) is 0.875. The van der Waals surface area contributed by atoms with Crippen LogP contribution in [0.3, 0.4) is 0 Å². The summed E-state index contributed by atoms with van der Waals surface area (Å²) >= 11 is 0. The molecule has 3 nitrogen and oxygen atoms in total. The van der Waals surface area contributed by atoms with Gasteiger partial charge >= 0.3 is 6.09 Å². The van der Waals surface area contributed by atoms with Gasteiger partial charge in [-0.1, -0.05) is 26.2 Å². The lowest BCUT2D eigenvalue weighted by Crippen LogP contribution is -2.30. The number of hydrogen-bond acceptors (Lipinski definition) is 1. The highest BCUT2D eigenvalue weighted by molar-refractivity contribution is 5.64. The van der Waals surface area contributed by atoms with Crippen LogP contribution in [0.4, 0.5) is 4.79 Å². The van der Waals surface area contributed by atoms with Crippen LogP contribution < -0.4 is 5.32 Å². The third-order valence-electron chi connectivity index (χ3n) is 1.61. The average molecular weight is 159 g/mol. The summed E-state index contributed by atoms with van der Waals surface area (Å²) in [7, 11) is 0. The van der Waals surface area contributed by atoms with Gasteiger partial charge in [-0.05, 0) is 13.3 Å². The first-order valence-electron chi connectivity index (χ1n) is 4.16. The maximum atomic E-state index is 10.1. The van der Waals surface area contributed by atoms with E-state index in [4.69, 9.17) is 5.11 Å². The molecule has 1 amide bonds. The Balaban J connectivity index is 3.22. The quantitative estimate of drug-likeness (QED) is 0.604. The lowest BCUT2D eigenvalue weighted by atomic mass is 10.1. The first-order chi connectivity index (χ1) is 5.16. The van der Waals surface area contributed by atoms with Crippen molar-refractivity contribution in [2.75, 3.05) is 0 Å². The zero-order valence-corrected chi connectivity index (χ0v) is 7.26. The zero-order chi connectivity index (χ0) is 8.69. The van der Waals surface area contributed by atoms with E-state index in [1.54, 1.807) is 0 Å². The van der Waals surface area contributed by atoms with Crippen LogP contribution in [0, 0.1) is 0 Å². The number of rotatable bonds is 5. The number of unbranched alkanes of at least 4 members (excludes halogenated alkanes) is 2. The van der Waals surface area contributed by atoms with Crippen LogP contribution in [0.2, 0.25) is 0 Å². The largest absolute Gasteiger partial charge is 0.465 e. The van der Waals surface area contributed by atoms with Gasteiger partial charge in [-0.25, -0.2) is 4.79 Å². The maximum Gasteiger partial charge on any atom is 0.404 e. The van der Waals surface area contributed by atoms with Gasteiger partial charge in [-0.3, -0.25) is 0 Å². The van der Waals surface area contributed by atoms with E-state index in [1.807, 2.05) is 6.92 Å². The Bertz CT molecular complexity index is 115. The molecule has 0 aromatic carbocycles. The van der Waals surface area contributed by atoms with Crippen molar-refractivity contribution in [1.29, 1.82) is 0 Å². The van der Waals surface area contributed by atoms with E-state index in [-0.39, 0.29) is 6.04 Å².